The van der Waals surface area contributed by atoms with E-state index in [-0.39, 0.29) is 25.0 Å². The summed E-state index contributed by atoms with van der Waals surface area (Å²) in [4.78, 5) is 14.1. The zero-order valence-corrected chi connectivity index (χ0v) is 12.8. The van der Waals surface area contributed by atoms with Crippen molar-refractivity contribution in [1.82, 2.24) is 19.4 Å². The highest BCUT2D eigenvalue weighted by Gasteiger charge is 2.27. The van der Waals surface area contributed by atoms with Crippen LogP contribution < -0.4 is 10.5 Å². The number of nitrogens with one attached hydrogen (secondary N) is 1. The fourth-order valence-electron chi connectivity index (χ4n) is 2.48. The van der Waals surface area contributed by atoms with Crippen LogP contribution in [0.2, 0.25) is 0 Å². The van der Waals surface area contributed by atoms with Crippen LogP contribution in [0.1, 0.15) is 19.3 Å². The van der Waals surface area contributed by atoms with E-state index < -0.39 is 10.0 Å². The lowest BCUT2D eigenvalue weighted by atomic mass is 10.0. The van der Waals surface area contributed by atoms with E-state index in [4.69, 9.17) is 5.73 Å². The maximum Gasteiger partial charge on any atom is 0.244 e. The largest absolute Gasteiger partial charge is 0.396 e. The number of hydrogen-bond acceptors (Lipinski definition) is 5. The van der Waals surface area contributed by atoms with Crippen LogP contribution in [0.3, 0.4) is 0 Å². The van der Waals surface area contributed by atoms with Gasteiger partial charge in [0.15, 0.2) is 0 Å². The van der Waals surface area contributed by atoms with E-state index in [1.54, 1.807) is 11.1 Å². The van der Waals surface area contributed by atoms with Crippen molar-refractivity contribution in [3.8, 4) is 0 Å². The molecular formula is C12H21N5O3S. The lowest BCUT2D eigenvalue weighted by Crippen LogP contribution is -2.50. The van der Waals surface area contributed by atoms with Crippen LogP contribution in [0.15, 0.2) is 12.4 Å². The van der Waals surface area contributed by atoms with Gasteiger partial charge in [-0.25, -0.2) is 13.1 Å². The van der Waals surface area contributed by atoms with Gasteiger partial charge in [-0.3, -0.25) is 9.48 Å². The maximum atomic E-state index is 12.4. The van der Waals surface area contributed by atoms with Crippen LogP contribution in [-0.2, 0) is 21.4 Å². The second-order valence-corrected chi connectivity index (χ2v) is 7.16. The Labute approximate surface area is 124 Å². The molecule has 0 saturated carbocycles. The Hall–Kier alpha value is -1.61. The molecule has 1 saturated heterocycles. The highest BCUT2D eigenvalue weighted by molar-refractivity contribution is 7.88. The first-order valence-corrected chi connectivity index (χ1v) is 8.76. The van der Waals surface area contributed by atoms with E-state index in [9.17, 15) is 13.2 Å². The molecule has 0 spiro atoms. The minimum absolute atomic E-state index is 0.0712. The van der Waals surface area contributed by atoms with Gasteiger partial charge < -0.3 is 10.6 Å². The number of aromatic nitrogens is 2. The Morgan fingerprint density at radius 3 is 2.90 bits per heavy atom. The molecule has 0 radical (unpaired) electrons. The average molecular weight is 315 g/mol. The topological polar surface area (TPSA) is 110 Å². The van der Waals surface area contributed by atoms with Gasteiger partial charge in [0.25, 0.3) is 0 Å². The number of sulfonamides is 1. The van der Waals surface area contributed by atoms with Crippen molar-refractivity contribution in [2.75, 3.05) is 25.1 Å². The average Bonchev–Trinajstić information content (AvgIpc) is 2.81. The van der Waals surface area contributed by atoms with Gasteiger partial charge in [-0.2, -0.15) is 5.10 Å². The fourth-order valence-corrected chi connectivity index (χ4v) is 2.98. The van der Waals surface area contributed by atoms with Gasteiger partial charge in [-0.05, 0) is 19.3 Å². The van der Waals surface area contributed by atoms with E-state index in [0.717, 1.165) is 25.5 Å². The van der Waals surface area contributed by atoms with E-state index >= 15 is 0 Å². The molecule has 3 N–H and O–H groups in total. The molecule has 2 heterocycles. The van der Waals surface area contributed by atoms with E-state index in [1.807, 2.05) is 0 Å². The normalized spacial score (nSPS) is 19.7. The first kappa shape index (κ1) is 15.8. The van der Waals surface area contributed by atoms with Crippen molar-refractivity contribution in [1.29, 1.82) is 0 Å². The minimum Gasteiger partial charge on any atom is -0.396 e. The Kier molecular flexibility index (Phi) is 4.84. The zero-order valence-electron chi connectivity index (χ0n) is 12.0. The number of amides is 1. The Bertz CT molecular complexity index is 598. The number of carbonyl (C=O) groups excluding carboxylic acids is 1. The third kappa shape index (κ3) is 4.71. The van der Waals surface area contributed by atoms with Gasteiger partial charge in [-0.1, -0.05) is 0 Å². The highest BCUT2D eigenvalue weighted by atomic mass is 32.2. The molecule has 0 bridgehead atoms. The van der Waals surface area contributed by atoms with Gasteiger partial charge in [0.2, 0.25) is 15.9 Å². The first-order chi connectivity index (χ1) is 9.85. The van der Waals surface area contributed by atoms with E-state index in [0.29, 0.717) is 12.2 Å². The number of anilines is 1. The smallest absolute Gasteiger partial charge is 0.244 e. The third-order valence-corrected chi connectivity index (χ3v) is 4.17. The molecule has 118 valence electrons. The third-order valence-electron chi connectivity index (χ3n) is 3.48. The van der Waals surface area contributed by atoms with Crippen molar-refractivity contribution >= 4 is 21.6 Å². The first-order valence-electron chi connectivity index (χ1n) is 6.87. The molecule has 8 nitrogen and oxygen atoms in total. The number of nitrogens with zero attached hydrogens (tertiary/aromatic N) is 3. The summed E-state index contributed by atoms with van der Waals surface area (Å²) in [7, 11) is -3.25. The summed E-state index contributed by atoms with van der Waals surface area (Å²) in [6.45, 7) is 1.02. The van der Waals surface area contributed by atoms with E-state index in [2.05, 4.69) is 9.82 Å². The summed E-state index contributed by atoms with van der Waals surface area (Å²) in [6, 6.07) is -0.103. The second kappa shape index (κ2) is 6.44. The minimum atomic E-state index is -3.25. The molecule has 0 aliphatic carbocycles. The highest BCUT2D eigenvalue weighted by Crippen LogP contribution is 2.17. The van der Waals surface area contributed by atoms with Crippen molar-refractivity contribution in [2.45, 2.75) is 31.8 Å². The summed E-state index contributed by atoms with van der Waals surface area (Å²) in [5, 5.41) is 3.99. The van der Waals surface area contributed by atoms with Crippen LogP contribution in [0.5, 0.6) is 0 Å². The summed E-state index contributed by atoms with van der Waals surface area (Å²) >= 11 is 0. The molecule has 1 fully saturated rings. The quantitative estimate of drug-likeness (QED) is 0.753. The van der Waals surface area contributed by atoms with Crippen molar-refractivity contribution in [3.63, 3.8) is 0 Å². The number of rotatable bonds is 5. The number of nitrogens with two attached hydrogens (primary N) is 1. The Morgan fingerprint density at radius 2 is 2.29 bits per heavy atom. The van der Waals surface area contributed by atoms with Crippen molar-refractivity contribution < 1.29 is 13.2 Å². The van der Waals surface area contributed by atoms with Crippen LogP contribution in [-0.4, -0.2) is 54.4 Å². The van der Waals surface area contributed by atoms with Gasteiger partial charge >= 0.3 is 0 Å². The molecule has 21 heavy (non-hydrogen) atoms. The molecular weight excluding hydrogens is 294 g/mol. The number of nitrogen functional groups attached to an aromatic ring is 1. The number of piperidine rings is 1. The van der Waals surface area contributed by atoms with Gasteiger partial charge in [-0.15, -0.1) is 0 Å². The molecule has 1 amide bonds. The van der Waals surface area contributed by atoms with Gasteiger partial charge in [0.1, 0.15) is 6.54 Å². The Morgan fingerprint density at radius 1 is 1.52 bits per heavy atom. The lowest BCUT2D eigenvalue weighted by Gasteiger charge is -2.35. The summed E-state index contributed by atoms with van der Waals surface area (Å²) < 4.78 is 26.4. The number of hydrogen-bond donors (Lipinski definition) is 2. The molecule has 1 aliphatic heterocycles. The van der Waals surface area contributed by atoms with Crippen LogP contribution >= 0.6 is 0 Å². The molecule has 2 rings (SSSR count). The predicted molar refractivity (Wildman–Crippen MR) is 78.8 cm³/mol. The second-order valence-electron chi connectivity index (χ2n) is 5.33. The summed E-state index contributed by atoms with van der Waals surface area (Å²) in [6.07, 6.45) is 6.94. The SMILES string of the molecule is CS(=O)(=O)NCC1CCCCN1C(=O)Cn1cc(N)cn1. The maximum absolute atomic E-state index is 12.4. The Balaban J connectivity index is 1.98. The summed E-state index contributed by atoms with van der Waals surface area (Å²) in [5.41, 5.74) is 6.08. The molecule has 1 unspecified atom stereocenters. The molecule has 9 heteroatoms. The standard InChI is InChI=1S/C12H21N5O3S/c1-21(19,20)15-7-11-4-2-3-5-17(11)12(18)9-16-8-10(13)6-14-16/h6,8,11,15H,2-5,7,9,13H2,1H3. The van der Waals surface area contributed by atoms with Crippen LogP contribution in [0, 0.1) is 0 Å². The van der Waals surface area contributed by atoms with Gasteiger partial charge in [0.05, 0.1) is 18.1 Å². The molecule has 1 atom stereocenters. The van der Waals surface area contributed by atoms with Crippen LogP contribution in [0.25, 0.3) is 0 Å². The lowest BCUT2D eigenvalue weighted by molar-refractivity contribution is -0.135. The number of carbonyl (C=O) groups is 1. The van der Waals surface area contributed by atoms with E-state index in [1.165, 1.54) is 10.9 Å². The fraction of sp³-hybridized carbons (Fsp3) is 0.667. The molecule has 0 aromatic carbocycles. The molecule has 1 aliphatic rings. The predicted octanol–water partition coefficient (Wildman–Crippen LogP) is -0.604. The summed E-state index contributed by atoms with van der Waals surface area (Å²) in [5.74, 6) is -0.0712. The van der Waals surface area contributed by atoms with Gasteiger partial charge in [0, 0.05) is 25.3 Å². The van der Waals surface area contributed by atoms with Crippen molar-refractivity contribution in [2.24, 2.45) is 0 Å². The molecule has 1 aromatic rings. The van der Waals surface area contributed by atoms with Crippen molar-refractivity contribution in [3.05, 3.63) is 12.4 Å². The van der Waals surface area contributed by atoms with Crippen LogP contribution in [0.4, 0.5) is 5.69 Å². The number of likely N-dealkylation sites (tertiary alicyclic amines) is 1. The molecule has 1 aromatic heterocycles. The zero-order chi connectivity index (χ0) is 15.5. The monoisotopic (exact) mass is 315 g/mol.